The van der Waals surface area contributed by atoms with Gasteiger partial charge in [0.05, 0.1) is 5.76 Å². The summed E-state index contributed by atoms with van der Waals surface area (Å²) < 4.78 is 0. The van der Waals surface area contributed by atoms with Gasteiger partial charge in [0, 0.05) is 0 Å². The molecule has 0 aromatic rings. The second kappa shape index (κ2) is 5.79. The van der Waals surface area contributed by atoms with Crippen molar-refractivity contribution in [3.05, 3.63) is 35.6 Å². The molecule has 0 aromatic carbocycles. The molecule has 86 valence electrons. The van der Waals surface area contributed by atoms with Crippen molar-refractivity contribution in [1.29, 1.82) is 0 Å². The van der Waals surface area contributed by atoms with Gasteiger partial charge in [0.25, 0.3) is 0 Å². The molecule has 1 heteroatoms. The molecule has 1 nitrogen and oxygen atoms in total. The van der Waals surface area contributed by atoms with Crippen LogP contribution in [0.5, 0.6) is 0 Å². The molecule has 0 rings (SSSR count). The Labute approximate surface area is 94.2 Å². The lowest BCUT2D eigenvalue weighted by Gasteiger charge is -2.21. The molecule has 0 spiro atoms. The topological polar surface area (TPSA) is 20.2 Å². The van der Waals surface area contributed by atoms with E-state index in [1.54, 1.807) is 6.92 Å². The predicted octanol–water partition coefficient (Wildman–Crippen LogP) is 4.78. The number of aliphatic hydroxyl groups excluding tert-OH is 1. The van der Waals surface area contributed by atoms with E-state index in [-0.39, 0.29) is 5.41 Å². The van der Waals surface area contributed by atoms with E-state index in [9.17, 15) is 5.11 Å². The average Bonchev–Trinajstić information content (AvgIpc) is 2.01. The van der Waals surface area contributed by atoms with Crippen LogP contribution in [0.4, 0.5) is 0 Å². The van der Waals surface area contributed by atoms with E-state index in [2.05, 4.69) is 34.3 Å². The Balaban J connectivity index is 4.74. The van der Waals surface area contributed by atoms with E-state index in [0.717, 1.165) is 24.0 Å². The van der Waals surface area contributed by atoms with Crippen molar-refractivity contribution in [3.8, 4) is 0 Å². The summed E-state index contributed by atoms with van der Waals surface area (Å²) in [5.74, 6) is 0.392. The van der Waals surface area contributed by atoms with E-state index >= 15 is 0 Å². The summed E-state index contributed by atoms with van der Waals surface area (Å²) in [6.45, 7) is 14.1. The molecule has 0 radical (unpaired) electrons. The van der Waals surface area contributed by atoms with Gasteiger partial charge in [-0.05, 0) is 24.3 Å². The van der Waals surface area contributed by atoms with Crippen molar-refractivity contribution in [2.45, 2.75) is 47.5 Å². The maximum atomic E-state index is 9.59. The lowest BCUT2D eigenvalue weighted by Crippen LogP contribution is -2.09. The summed E-state index contributed by atoms with van der Waals surface area (Å²) >= 11 is 0. The Morgan fingerprint density at radius 3 is 2.13 bits per heavy atom. The van der Waals surface area contributed by atoms with Crippen LogP contribution >= 0.6 is 0 Å². The molecule has 0 bridgehead atoms. The first kappa shape index (κ1) is 14.0. The third-order valence-corrected chi connectivity index (χ3v) is 2.25. The molecule has 0 aliphatic heterocycles. The number of rotatable bonds is 4. The van der Waals surface area contributed by atoms with Crippen molar-refractivity contribution < 1.29 is 5.11 Å². The van der Waals surface area contributed by atoms with E-state index in [1.807, 2.05) is 12.2 Å². The minimum Gasteiger partial charge on any atom is -0.512 e. The minimum absolute atomic E-state index is 0.0260. The van der Waals surface area contributed by atoms with Gasteiger partial charge < -0.3 is 5.11 Å². The van der Waals surface area contributed by atoms with Crippen LogP contribution in [0, 0.1) is 5.41 Å². The van der Waals surface area contributed by atoms with E-state index < -0.39 is 0 Å². The largest absolute Gasteiger partial charge is 0.512 e. The molecular formula is C14H24O. The molecule has 15 heavy (non-hydrogen) atoms. The Hall–Kier alpha value is -0.980. The standard InChI is InChI=1S/C14H24O/c1-7-8-11(2)9-10-13(12(3)15)14(4,5)6/h9-10,15H,2,7-8H2,1,3-6H3/b10-9-,13-12-. The quantitative estimate of drug-likeness (QED) is 0.521. The second-order valence-corrected chi connectivity index (χ2v) is 4.99. The zero-order valence-corrected chi connectivity index (χ0v) is 10.7. The summed E-state index contributed by atoms with van der Waals surface area (Å²) in [6, 6.07) is 0. The minimum atomic E-state index is -0.0260. The molecule has 0 saturated carbocycles. The van der Waals surface area contributed by atoms with Gasteiger partial charge in [-0.25, -0.2) is 0 Å². The molecule has 0 unspecified atom stereocenters. The molecular weight excluding hydrogens is 184 g/mol. The van der Waals surface area contributed by atoms with Gasteiger partial charge >= 0.3 is 0 Å². The van der Waals surface area contributed by atoms with Crippen LogP contribution in [-0.2, 0) is 0 Å². The third kappa shape index (κ3) is 5.46. The summed E-state index contributed by atoms with van der Waals surface area (Å²) in [4.78, 5) is 0. The molecule has 0 aliphatic carbocycles. The maximum absolute atomic E-state index is 9.59. The molecule has 0 aromatic heterocycles. The maximum Gasteiger partial charge on any atom is 0.0928 e. The molecule has 0 saturated heterocycles. The van der Waals surface area contributed by atoms with Crippen molar-refractivity contribution in [1.82, 2.24) is 0 Å². The average molecular weight is 208 g/mol. The monoisotopic (exact) mass is 208 g/mol. The van der Waals surface area contributed by atoms with Gasteiger partial charge in [0.15, 0.2) is 0 Å². The van der Waals surface area contributed by atoms with E-state index in [1.165, 1.54) is 0 Å². The third-order valence-electron chi connectivity index (χ3n) is 2.25. The summed E-state index contributed by atoms with van der Waals surface area (Å²) in [5.41, 5.74) is 2.06. The van der Waals surface area contributed by atoms with Crippen molar-refractivity contribution in [2.24, 2.45) is 5.41 Å². The van der Waals surface area contributed by atoms with E-state index in [0.29, 0.717) is 5.76 Å². The summed E-state index contributed by atoms with van der Waals surface area (Å²) in [5, 5.41) is 9.59. The predicted molar refractivity (Wildman–Crippen MR) is 68.0 cm³/mol. The lowest BCUT2D eigenvalue weighted by atomic mass is 9.85. The zero-order chi connectivity index (χ0) is 12.1. The lowest BCUT2D eigenvalue weighted by molar-refractivity contribution is 0.381. The van der Waals surface area contributed by atoms with Crippen molar-refractivity contribution in [2.75, 3.05) is 0 Å². The van der Waals surface area contributed by atoms with Gasteiger partial charge in [-0.1, -0.05) is 58.4 Å². The van der Waals surface area contributed by atoms with Gasteiger partial charge in [-0.3, -0.25) is 0 Å². The van der Waals surface area contributed by atoms with Crippen LogP contribution in [0.25, 0.3) is 0 Å². The highest BCUT2D eigenvalue weighted by Crippen LogP contribution is 2.28. The van der Waals surface area contributed by atoms with Gasteiger partial charge in [0.2, 0.25) is 0 Å². The fraction of sp³-hybridized carbons (Fsp3) is 0.571. The fourth-order valence-electron chi connectivity index (χ4n) is 1.52. The molecule has 0 atom stereocenters. The number of aliphatic hydroxyl groups is 1. The van der Waals surface area contributed by atoms with Crippen molar-refractivity contribution >= 4 is 0 Å². The number of hydrogen-bond acceptors (Lipinski definition) is 1. The van der Waals surface area contributed by atoms with Crippen LogP contribution < -0.4 is 0 Å². The van der Waals surface area contributed by atoms with Crippen LogP contribution in [0.2, 0.25) is 0 Å². The molecule has 0 amide bonds. The first-order valence-corrected chi connectivity index (χ1v) is 5.55. The number of allylic oxidation sites excluding steroid dienone is 5. The Morgan fingerprint density at radius 2 is 1.80 bits per heavy atom. The van der Waals surface area contributed by atoms with Gasteiger partial charge in [0.1, 0.15) is 0 Å². The van der Waals surface area contributed by atoms with Gasteiger partial charge in [-0.2, -0.15) is 0 Å². The zero-order valence-electron chi connectivity index (χ0n) is 10.7. The first-order chi connectivity index (χ1) is 6.79. The van der Waals surface area contributed by atoms with E-state index in [4.69, 9.17) is 0 Å². The summed E-state index contributed by atoms with van der Waals surface area (Å²) in [7, 11) is 0. The van der Waals surface area contributed by atoms with Crippen LogP contribution in [0.3, 0.4) is 0 Å². The Morgan fingerprint density at radius 1 is 1.27 bits per heavy atom. The first-order valence-electron chi connectivity index (χ1n) is 5.55. The molecule has 0 aliphatic rings. The smallest absolute Gasteiger partial charge is 0.0928 e. The molecule has 0 fully saturated rings. The normalized spacial score (nSPS) is 14.2. The summed E-state index contributed by atoms with van der Waals surface area (Å²) in [6.07, 6.45) is 6.10. The highest BCUT2D eigenvalue weighted by atomic mass is 16.3. The fourth-order valence-corrected chi connectivity index (χ4v) is 1.52. The highest BCUT2D eigenvalue weighted by Gasteiger charge is 2.17. The Kier molecular flexibility index (Phi) is 5.41. The van der Waals surface area contributed by atoms with Gasteiger partial charge in [-0.15, -0.1) is 0 Å². The highest BCUT2D eigenvalue weighted by molar-refractivity contribution is 5.31. The number of hydrogen-bond donors (Lipinski definition) is 1. The molecule has 0 heterocycles. The Bertz CT molecular complexity index is 270. The SMILES string of the molecule is C=C(/C=C\C(=C(/C)O)C(C)(C)C)CCC. The molecule has 1 N–H and O–H groups in total. The second-order valence-electron chi connectivity index (χ2n) is 4.99. The van der Waals surface area contributed by atoms with Crippen molar-refractivity contribution in [3.63, 3.8) is 0 Å². The van der Waals surface area contributed by atoms with Crippen LogP contribution in [-0.4, -0.2) is 5.11 Å². The van der Waals surface area contributed by atoms with Crippen LogP contribution in [0.15, 0.2) is 35.6 Å². The van der Waals surface area contributed by atoms with Crippen LogP contribution in [0.1, 0.15) is 47.5 Å².